The van der Waals surface area contributed by atoms with Gasteiger partial charge in [-0.25, -0.2) is 0 Å². The molecule has 0 bridgehead atoms. The average molecular weight is 183 g/mol. The maximum Gasteiger partial charge on any atom is 0.101 e. The maximum absolute atomic E-state index is 5.93. The van der Waals surface area contributed by atoms with Crippen LogP contribution < -0.4 is 5.73 Å². The minimum atomic E-state index is 0.0765. The van der Waals surface area contributed by atoms with Gasteiger partial charge in [0.15, 0.2) is 0 Å². The molecule has 1 unspecified atom stereocenters. The van der Waals surface area contributed by atoms with Crippen LogP contribution in [0.5, 0.6) is 0 Å². The summed E-state index contributed by atoms with van der Waals surface area (Å²) in [4.78, 5) is 0. The van der Waals surface area contributed by atoms with E-state index in [0.29, 0.717) is 0 Å². The van der Waals surface area contributed by atoms with Crippen LogP contribution in [0.4, 0.5) is 0 Å². The highest BCUT2D eigenvalue weighted by molar-refractivity contribution is 5.15. The summed E-state index contributed by atoms with van der Waals surface area (Å²) in [5.74, 6) is 0.914. The lowest BCUT2D eigenvalue weighted by atomic mass is 10.1. The molecular weight excluding hydrogens is 166 g/mol. The zero-order valence-electron chi connectivity index (χ0n) is 8.25. The van der Waals surface area contributed by atoms with Gasteiger partial charge in [0.05, 0.1) is 6.26 Å². The third-order valence-corrected chi connectivity index (χ3v) is 2.04. The van der Waals surface area contributed by atoms with Crippen LogP contribution in [0.25, 0.3) is 0 Å². The predicted octanol–water partition coefficient (Wildman–Crippen LogP) is 2.01. The molecule has 0 aliphatic heterocycles. The second-order valence-electron chi connectivity index (χ2n) is 3.23. The highest BCUT2D eigenvalue weighted by Crippen LogP contribution is 2.17. The monoisotopic (exact) mass is 183 g/mol. The van der Waals surface area contributed by atoms with Crippen molar-refractivity contribution in [3.05, 3.63) is 23.7 Å². The Morgan fingerprint density at radius 2 is 2.38 bits per heavy atom. The molecule has 0 aliphatic rings. The molecule has 0 fully saturated rings. The minimum absolute atomic E-state index is 0.0765. The number of aryl methyl sites for hydroxylation is 1. The van der Waals surface area contributed by atoms with E-state index in [1.165, 1.54) is 0 Å². The number of hydrogen-bond donors (Lipinski definition) is 1. The van der Waals surface area contributed by atoms with Gasteiger partial charge in [0.2, 0.25) is 0 Å². The van der Waals surface area contributed by atoms with E-state index in [1.54, 1.807) is 13.4 Å². The van der Waals surface area contributed by atoms with Crippen LogP contribution in [0.3, 0.4) is 0 Å². The zero-order chi connectivity index (χ0) is 9.68. The predicted molar refractivity (Wildman–Crippen MR) is 51.5 cm³/mol. The van der Waals surface area contributed by atoms with Gasteiger partial charge in [-0.1, -0.05) is 0 Å². The van der Waals surface area contributed by atoms with Gasteiger partial charge in [0.25, 0.3) is 0 Å². The summed E-state index contributed by atoms with van der Waals surface area (Å²) in [5, 5.41) is 0. The third kappa shape index (κ3) is 3.20. The Bertz CT molecular complexity index is 245. The molecule has 0 saturated heterocycles. The van der Waals surface area contributed by atoms with Crippen LogP contribution in [0.2, 0.25) is 0 Å². The summed E-state index contributed by atoms with van der Waals surface area (Å²) in [6.07, 6.45) is 3.65. The number of rotatable bonds is 5. The Balaban J connectivity index is 2.35. The lowest BCUT2D eigenvalue weighted by molar-refractivity contribution is 0.190. The molecule has 3 heteroatoms. The van der Waals surface area contributed by atoms with Crippen molar-refractivity contribution in [2.75, 3.05) is 13.7 Å². The van der Waals surface area contributed by atoms with Crippen molar-refractivity contribution in [1.82, 2.24) is 0 Å². The maximum atomic E-state index is 5.93. The summed E-state index contributed by atoms with van der Waals surface area (Å²) in [5.41, 5.74) is 7.01. The number of ether oxygens (including phenoxy) is 1. The first kappa shape index (κ1) is 10.3. The van der Waals surface area contributed by atoms with E-state index in [4.69, 9.17) is 14.9 Å². The molecule has 0 saturated carbocycles. The highest BCUT2D eigenvalue weighted by atomic mass is 16.5. The van der Waals surface area contributed by atoms with E-state index in [9.17, 15) is 0 Å². The SMILES string of the molecule is COCCCC(N)c1coc(C)c1. The Hall–Kier alpha value is -0.800. The first-order valence-corrected chi connectivity index (χ1v) is 4.53. The van der Waals surface area contributed by atoms with Crippen LogP contribution in [0.15, 0.2) is 16.7 Å². The molecule has 1 aromatic rings. The summed E-state index contributed by atoms with van der Waals surface area (Å²) >= 11 is 0. The van der Waals surface area contributed by atoms with Crippen LogP contribution in [0, 0.1) is 6.92 Å². The van der Waals surface area contributed by atoms with Crippen molar-refractivity contribution < 1.29 is 9.15 Å². The van der Waals surface area contributed by atoms with Gasteiger partial charge >= 0.3 is 0 Å². The van der Waals surface area contributed by atoms with Gasteiger partial charge in [-0.3, -0.25) is 0 Å². The zero-order valence-corrected chi connectivity index (χ0v) is 8.25. The topological polar surface area (TPSA) is 48.4 Å². The number of hydrogen-bond acceptors (Lipinski definition) is 3. The molecule has 13 heavy (non-hydrogen) atoms. The smallest absolute Gasteiger partial charge is 0.101 e. The summed E-state index contributed by atoms with van der Waals surface area (Å²) in [6, 6.07) is 2.06. The first-order chi connectivity index (χ1) is 6.24. The minimum Gasteiger partial charge on any atom is -0.469 e. The van der Waals surface area contributed by atoms with Gasteiger partial charge in [0, 0.05) is 25.3 Å². The molecule has 0 amide bonds. The van der Waals surface area contributed by atoms with Crippen LogP contribution in [0.1, 0.15) is 30.2 Å². The molecule has 1 aromatic heterocycles. The second kappa shape index (κ2) is 5.04. The van der Waals surface area contributed by atoms with Crippen LogP contribution >= 0.6 is 0 Å². The molecule has 2 N–H and O–H groups in total. The molecular formula is C10H17NO2. The van der Waals surface area contributed by atoms with Crippen LogP contribution in [-0.2, 0) is 4.74 Å². The van der Waals surface area contributed by atoms with Crippen molar-refractivity contribution >= 4 is 0 Å². The van der Waals surface area contributed by atoms with Crippen molar-refractivity contribution in [2.24, 2.45) is 5.73 Å². The summed E-state index contributed by atoms with van der Waals surface area (Å²) in [6.45, 7) is 2.69. The van der Waals surface area contributed by atoms with Crippen LogP contribution in [-0.4, -0.2) is 13.7 Å². The molecule has 0 aliphatic carbocycles. The highest BCUT2D eigenvalue weighted by Gasteiger charge is 2.07. The largest absolute Gasteiger partial charge is 0.469 e. The van der Waals surface area contributed by atoms with Crippen molar-refractivity contribution in [3.8, 4) is 0 Å². The van der Waals surface area contributed by atoms with E-state index in [2.05, 4.69) is 0 Å². The Kier molecular flexibility index (Phi) is 3.99. The van der Waals surface area contributed by atoms with E-state index in [1.807, 2.05) is 13.0 Å². The lowest BCUT2D eigenvalue weighted by Crippen LogP contribution is -2.10. The van der Waals surface area contributed by atoms with E-state index in [-0.39, 0.29) is 6.04 Å². The fourth-order valence-corrected chi connectivity index (χ4v) is 1.27. The number of methoxy groups -OCH3 is 1. The van der Waals surface area contributed by atoms with Crippen molar-refractivity contribution in [1.29, 1.82) is 0 Å². The molecule has 74 valence electrons. The molecule has 1 atom stereocenters. The Morgan fingerprint density at radius 3 is 2.92 bits per heavy atom. The van der Waals surface area contributed by atoms with E-state index < -0.39 is 0 Å². The van der Waals surface area contributed by atoms with Crippen molar-refractivity contribution in [3.63, 3.8) is 0 Å². The molecule has 1 rings (SSSR count). The van der Waals surface area contributed by atoms with E-state index >= 15 is 0 Å². The second-order valence-corrected chi connectivity index (χ2v) is 3.23. The molecule has 0 radical (unpaired) electrons. The number of furan rings is 1. The quantitative estimate of drug-likeness (QED) is 0.710. The standard InChI is InChI=1S/C10H17NO2/c1-8-6-9(7-13-8)10(11)4-3-5-12-2/h6-7,10H,3-5,11H2,1-2H3. The van der Waals surface area contributed by atoms with Gasteiger partial charge in [-0.2, -0.15) is 0 Å². The van der Waals surface area contributed by atoms with Crippen molar-refractivity contribution in [2.45, 2.75) is 25.8 Å². The van der Waals surface area contributed by atoms with Gasteiger partial charge in [-0.15, -0.1) is 0 Å². The third-order valence-electron chi connectivity index (χ3n) is 2.04. The molecule has 1 heterocycles. The average Bonchev–Trinajstić information content (AvgIpc) is 2.52. The van der Waals surface area contributed by atoms with E-state index in [0.717, 1.165) is 30.8 Å². The molecule has 0 spiro atoms. The first-order valence-electron chi connectivity index (χ1n) is 4.53. The fraction of sp³-hybridized carbons (Fsp3) is 0.600. The Labute approximate surface area is 78.9 Å². The molecule has 0 aromatic carbocycles. The number of nitrogens with two attached hydrogens (primary N) is 1. The lowest BCUT2D eigenvalue weighted by Gasteiger charge is -2.07. The Morgan fingerprint density at radius 1 is 1.62 bits per heavy atom. The summed E-state index contributed by atoms with van der Waals surface area (Å²) in [7, 11) is 1.70. The normalized spacial score (nSPS) is 13.2. The summed E-state index contributed by atoms with van der Waals surface area (Å²) < 4.78 is 10.1. The molecule has 3 nitrogen and oxygen atoms in total. The van der Waals surface area contributed by atoms with Gasteiger partial charge in [0.1, 0.15) is 5.76 Å². The van der Waals surface area contributed by atoms with Gasteiger partial charge < -0.3 is 14.9 Å². The van der Waals surface area contributed by atoms with Gasteiger partial charge in [-0.05, 0) is 25.8 Å². The fourth-order valence-electron chi connectivity index (χ4n) is 1.27.